The molecule has 0 spiro atoms. The molecular formula is C13H15NO3S. The van der Waals surface area contributed by atoms with Crippen LogP contribution in [0.2, 0.25) is 0 Å². The van der Waals surface area contributed by atoms with Crippen LogP contribution in [0, 0.1) is 11.8 Å². The van der Waals surface area contributed by atoms with E-state index < -0.39 is 10.0 Å². The maximum Gasteiger partial charge on any atom is 0.243 e. The zero-order valence-corrected chi connectivity index (χ0v) is 10.9. The summed E-state index contributed by atoms with van der Waals surface area (Å²) in [5, 5.41) is 8.63. The molecule has 2 rings (SSSR count). The van der Waals surface area contributed by atoms with Crippen molar-refractivity contribution >= 4 is 10.0 Å². The van der Waals surface area contributed by atoms with Gasteiger partial charge >= 0.3 is 0 Å². The van der Waals surface area contributed by atoms with Gasteiger partial charge in [0.2, 0.25) is 10.0 Å². The van der Waals surface area contributed by atoms with Crippen LogP contribution < -0.4 is 0 Å². The summed E-state index contributed by atoms with van der Waals surface area (Å²) in [6, 6.07) is 6.63. The Morgan fingerprint density at radius 2 is 2.17 bits per heavy atom. The zero-order chi connectivity index (χ0) is 13.2. The second-order valence-electron chi connectivity index (χ2n) is 4.24. The van der Waals surface area contributed by atoms with E-state index in [-0.39, 0.29) is 17.5 Å². The van der Waals surface area contributed by atoms with Crippen LogP contribution >= 0.6 is 0 Å². The highest BCUT2D eigenvalue weighted by atomic mass is 32.2. The number of hydrogen-bond donors (Lipinski definition) is 1. The van der Waals surface area contributed by atoms with E-state index in [2.05, 4.69) is 11.8 Å². The molecule has 0 amide bonds. The second-order valence-corrected chi connectivity index (χ2v) is 6.24. The minimum absolute atomic E-state index is 0.141. The van der Waals surface area contributed by atoms with E-state index in [0.717, 1.165) is 12.8 Å². The maximum absolute atomic E-state index is 12.3. The Labute approximate surface area is 107 Å². The topological polar surface area (TPSA) is 57.6 Å². The second kappa shape index (κ2) is 5.11. The molecule has 1 aromatic rings. The molecule has 0 bridgehead atoms. The number of hydrogen-bond acceptors (Lipinski definition) is 3. The van der Waals surface area contributed by atoms with E-state index in [1.165, 1.54) is 10.4 Å². The van der Waals surface area contributed by atoms with Crippen LogP contribution in [0.4, 0.5) is 0 Å². The van der Waals surface area contributed by atoms with Crippen LogP contribution in [0.1, 0.15) is 18.4 Å². The largest absolute Gasteiger partial charge is 0.384 e. The maximum atomic E-state index is 12.3. The van der Waals surface area contributed by atoms with E-state index in [4.69, 9.17) is 5.11 Å². The molecule has 0 aromatic heterocycles. The van der Waals surface area contributed by atoms with Crippen molar-refractivity contribution in [1.29, 1.82) is 0 Å². The van der Waals surface area contributed by atoms with Gasteiger partial charge in [-0.3, -0.25) is 0 Å². The summed E-state index contributed by atoms with van der Waals surface area (Å²) in [6.45, 7) is -0.237. The van der Waals surface area contributed by atoms with Crippen LogP contribution in [0.3, 0.4) is 0 Å². The standard InChI is InChI=1S/C13H15NO3S/c1-14(12-7-8-12)18(16,17)13-6-2-4-11(10-13)5-3-9-15/h2,4,6,10,12,15H,7-9H2,1H3. The van der Waals surface area contributed by atoms with Crippen molar-refractivity contribution in [2.24, 2.45) is 0 Å². The Hall–Kier alpha value is -1.35. The Bertz CT molecular complexity index is 594. The molecule has 5 heteroatoms. The predicted octanol–water partition coefficient (Wildman–Crippen LogP) is 0.813. The summed E-state index contributed by atoms with van der Waals surface area (Å²) in [6.07, 6.45) is 1.86. The van der Waals surface area contributed by atoms with Crippen molar-refractivity contribution in [3.8, 4) is 11.8 Å². The quantitative estimate of drug-likeness (QED) is 0.823. The first-order valence-corrected chi connectivity index (χ1v) is 7.17. The van der Waals surface area contributed by atoms with E-state index in [1.807, 2.05) is 0 Å². The van der Waals surface area contributed by atoms with Gasteiger partial charge in [-0.25, -0.2) is 8.42 Å². The summed E-state index contributed by atoms with van der Waals surface area (Å²) < 4.78 is 26.0. The van der Waals surface area contributed by atoms with Gasteiger partial charge in [-0.1, -0.05) is 17.9 Å². The fraction of sp³-hybridized carbons (Fsp3) is 0.385. The summed E-state index contributed by atoms with van der Waals surface area (Å²) in [5.74, 6) is 5.21. The third-order valence-electron chi connectivity index (χ3n) is 2.88. The molecule has 96 valence electrons. The normalized spacial score (nSPS) is 15.3. The van der Waals surface area contributed by atoms with E-state index in [1.54, 1.807) is 25.2 Å². The lowest BCUT2D eigenvalue weighted by Gasteiger charge is -2.16. The molecule has 1 aromatic carbocycles. The van der Waals surface area contributed by atoms with E-state index in [9.17, 15) is 8.42 Å². The average Bonchev–Trinajstić information content (AvgIpc) is 3.20. The molecule has 1 N–H and O–H groups in total. The zero-order valence-electron chi connectivity index (χ0n) is 10.1. The molecule has 1 aliphatic carbocycles. The van der Waals surface area contributed by atoms with Crippen molar-refractivity contribution in [3.05, 3.63) is 29.8 Å². The van der Waals surface area contributed by atoms with E-state index in [0.29, 0.717) is 5.56 Å². The highest BCUT2D eigenvalue weighted by molar-refractivity contribution is 7.89. The van der Waals surface area contributed by atoms with Gasteiger partial charge in [-0.2, -0.15) is 4.31 Å². The number of sulfonamides is 1. The van der Waals surface area contributed by atoms with Crippen LogP contribution in [0.25, 0.3) is 0 Å². The third kappa shape index (κ3) is 2.72. The molecule has 0 atom stereocenters. The molecular weight excluding hydrogens is 250 g/mol. The Balaban J connectivity index is 2.32. The number of aliphatic hydroxyl groups is 1. The first kappa shape index (κ1) is 13.1. The Morgan fingerprint density at radius 3 is 2.78 bits per heavy atom. The number of nitrogens with zero attached hydrogens (tertiary/aromatic N) is 1. The number of benzene rings is 1. The fourth-order valence-corrected chi connectivity index (χ4v) is 3.14. The Morgan fingerprint density at radius 1 is 1.44 bits per heavy atom. The van der Waals surface area contributed by atoms with Crippen LogP contribution in [-0.4, -0.2) is 37.5 Å². The molecule has 0 unspecified atom stereocenters. The molecule has 0 heterocycles. The van der Waals surface area contributed by atoms with Gasteiger partial charge in [0.05, 0.1) is 4.90 Å². The smallest absolute Gasteiger partial charge is 0.243 e. The summed E-state index contributed by atoms with van der Waals surface area (Å²) in [7, 11) is -1.81. The molecule has 1 fully saturated rings. The molecule has 0 aliphatic heterocycles. The fourth-order valence-electron chi connectivity index (χ4n) is 1.68. The van der Waals surface area contributed by atoms with E-state index >= 15 is 0 Å². The van der Waals surface area contributed by atoms with Crippen molar-refractivity contribution in [2.45, 2.75) is 23.8 Å². The first-order chi connectivity index (χ1) is 8.55. The molecule has 1 saturated carbocycles. The summed E-state index contributed by atoms with van der Waals surface area (Å²) in [5.41, 5.74) is 0.592. The molecule has 1 aliphatic rings. The SMILES string of the molecule is CN(C1CC1)S(=O)(=O)c1cccc(C#CCO)c1. The monoisotopic (exact) mass is 265 g/mol. The third-order valence-corrected chi connectivity index (χ3v) is 4.79. The van der Waals surface area contributed by atoms with Crippen molar-refractivity contribution in [3.63, 3.8) is 0 Å². The van der Waals surface area contributed by atoms with Gasteiger partial charge in [0.25, 0.3) is 0 Å². The molecule has 0 saturated heterocycles. The molecule has 0 radical (unpaired) electrons. The van der Waals surface area contributed by atoms with Crippen LogP contribution in [0.15, 0.2) is 29.2 Å². The lowest BCUT2D eigenvalue weighted by atomic mass is 10.2. The number of rotatable bonds is 3. The van der Waals surface area contributed by atoms with Crippen molar-refractivity contribution in [1.82, 2.24) is 4.31 Å². The van der Waals surface area contributed by atoms with Crippen molar-refractivity contribution < 1.29 is 13.5 Å². The van der Waals surface area contributed by atoms with Crippen LogP contribution in [-0.2, 0) is 10.0 Å². The van der Waals surface area contributed by atoms with Crippen molar-refractivity contribution in [2.75, 3.05) is 13.7 Å². The minimum atomic E-state index is -3.42. The predicted molar refractivity (Wildman–Crippen MR) is 68.4 cm³/mol. The van der Waals surface area contributed by atoms with Gasteiger partial charge in [0.1, 0.15) is 6.61 Å². The van der Waals surface area contributed by atoms with Gasteiger partial charge in [-0.05, 0) is 31.0 Å². The summed E-state index contributed by atoms with van der Waals surface area (Å²) in [4.78, 5) is 0.252. The van der Waals surface area contributed by atoms with Crippen LogP contribution in [0.5, 0.6) is 0 Å². The lowest BCUT2D eigenvalue weighted by Crippen LogP contribution is -2.28. The van der Waals surface area contributed by atoms with Gasteiger partial charge in [0, 0.05) is 18.7 Å². The highest BCUT2D eigenvalue weighted by Gasteiger charge is 2.34. The number of aliphatic hydroxyl groups excluding tert-OH is 1. The summed E-state index contributed by atoms with van der Waals surface area (Å²) >= 11 is 0. The first-order valence-electron chi connectivity index (χ1n) is 5.73. The minimum Gasteiger partial charge on any atom is -0.384 e. The molecule has 18 heavy (non-hydrogen) atoms. The van der Waals surface area contributed by atoms with Gasteiger partial charge in [0.15, 0.2) is 0 Å². The highest BCUT2D eigenvalue weighted by Crippen LogP contribution is 2.30. The average molecular weight is 265 g/mol. The lowest BCUT2D eigenvalue weighted by molar-refractivity contribution is 0.350. The van der Waals surface area contributed by atoms with Gasteiger partial charge < -0.3 is 5.11 Å². The Kier molecular flexibility index (Phi) is 3.71. The molecule has 4 nitrogen and oxygen atoms in total. The van der Waals surface area contributed by atoms with Gasteiger partial charge in [-0.15, -0.1) is 0 Å².